The largest absolute Gasteiger partial charge is 0.0884 e. The molecule has 1 heteroatoms. The van der Waals surface area contributed by atoms with Gasteiger partial charge < -0.3 is 0 Å². The van der Waals surface area contributed by atoms with Gasteiger partial charge in [0.05, 0.1) is 0 Å². The van der Waals surface area contributed by atoms with Gasteiger partial charge in [-0.1, -0.05) is 67.9 Å². The van der Waals surface area contributed by atoms with Gasteiger partial charge in [0.15, 0.2) is 0 Å². The Morgan fingerprint density at radius 3 is 1.93 bits per heavy atom. The SMILES string of the molecule is CC(C)c1ccc(CC(Br)C(C)C)cc1. The van der Waals surface area contributed by atoms with Gasteiger partial charge in [-0.3, -0.25) is 0 Å². The molecule has 0 saturated carbocycles. The molecule has 0 heterocycles. The lowest BCUT2D eigenvalue weighted by molar-refractivity contribution is 0.613. The molecule has 0 nitrogen and oxygen atoms in total. The molecule has 0 fully saturated rings. The minimum Gasteiger partial charge on any atom is -0.0884 e. The summed E-state index contributed by atoms with van der Waals surface area (Å²) in [5.41, 5.74) is 2.85. The van der Waals surface area contributed by atoms with Crippen molar-refractivity contribution >= 4 is 15.9 Å². The summed E-state index contributed by atoms with van der Waals surface area (Å²) in [6, 6.07) is 9.01. The minimum atomic E-state index is 0.586. The van der Waals surface area contributed by atoms with Crippen LogP contribution in [0.5, 0.6) is 0 Å². The Morgan fingerprint density at radius 2 is 1.53 bits per heavy atom. The number of hydrogen-bond donors (Lipinski definition) is 0. The lowest BCUT2D eigenvalue weighted by atomic mass is 9.98. The fraction of sp³-hybridized carbons (Fsp3) is 0.571. The minimum absolute atomic E-state index is 0.586. The van der Waals surface area contributed by atoms with E-state index < -0.39 is 0 Å². The highest BCUT2D eigenvalue weighted by atomic mass is 79.9. The van der Waals surface area contributed by atoms with E-state index in [1.807, 2.05) is 0 Å². The van der Waals surface area contributed by atoms with Crippen molar-refractivity contribution in [1.82, 2.24) is 0 Å². The maximum Gasteiger partial charge on any atom is 0.0209 e. The average Bonchev–Trinajstić information content (AvgIpc) is 2.18. The van der Waals surface area contributed by atoms with Crippen LogP contribution in [0.3, 0.4) is 0 Å². The van der Waals surface area contributed by atoms with Crippen molar-refractivity contribution in [3.63, 3.8) is 0 Å². The smallest absolute Gasteiger partial charge is 0.0209 e. The Labute approximate surface area is 102 Å². The molecule has 0 aliphatic heterocycles. The van der Waals surface area contributed by atoms with Gasteiger partial charge in [-0.2, -0.15) is 0 Å². The Morgan fingerprint density at radius 1 is 1.00 bits per heavy atom. The van der Waals surface area contributed by atoms with E-state index in [2.05, 4.69) is 67.9 Å². The molecule has 0 aliphatic rings. The molecule has 0 spiro atoms. The molecule has 0 bridgehead atoms. The number of rotatable bonds is 4. The zero-order valence-corrected chi connectivity index (χ0v) is 11.7. The van der Waals surface area contributed by atoms with Crippen LogP contribution >= 0.6 is 15.9 Å². The first kappa shape index (κ1) is 12.8. The first-order valence-electron chi connectivity index (χ1n) is 5.73. The van der Waals surface area contributed by atoms with E-state index in [-0.39, 0.29) is 0 Å². The van der Waals surface area contributed by atoms with Gasteiger partial charge >= 0.3 is 0 Å². The van der Waals surface area contributed by atoms with Gasteiger partial charge in [0.1, 0.15) is 0 Å². The molecule has 1 aromatic rings. The summed E-state index contributed by atoms with van der Waals surface area (Å²) in [6.07, 6.45) is 1.12. The third kappa shape index (κ3) is 3.98. The Kier molecular flexibility index (Phi) is 4.85. The fourth-order valence-electron chi connectivity index (χ4n) is 1.50. The van der Waals surface area contributed by atoms with Gasteiger partial charge in [0.2, 0.25) is 0 Å². The Balaban J connectivity index is 2.64. The van der Waals surface area contributed by atoms with Crippen LogP contribution in [-0.4, -0.2) is 4.83 Å². The normalized spacial score (nSPS) is 13.5. The van der Waals surface area contributed by atoms with Gasteiger partial charge in [-0.05, 0) is 29.4 Å². The monoisotopic (exact) mass is 268 g/mol. The van der Waals surface area contributed by atoms with E-state index in [0.29, 0.717) is 16.7 Å². The maximum atomic E-state index is 3.73. The fourth-order valence-corrected chi connectivity index (χ4v) is 1.87. The second-order valence-corrected chi connectivity index (χ2v) is 6.04. The summed E-state index contributed by atoms with van der Waals surface area (Å²) >= 11 is 3.73. The van der Waals surface area contributed by atoms with Crippen LogP contribution in [0.4, 0.5) is 0 Å². The van der Waals surface area contributed by atoms with E-state index in [1.54, 1.807) is 0 Å². The van der Waals surface area contributed by atoms with E-state index in [9.17, 15) is 0 Å². The van der Waals surface area contributed by atoms with Crippen molar-refractivity contribution in [2.45, 2.75) is 44.9 Å². The van der Waals surface area contributed by atoms with Crippen molar-refractivity contribution in [2.75, 3.05) is 0 Å². The predicted molar refractivity (Wildman–Crippen MR) is 71.8 cm³/mol. The third-order valence-corrected chi connectivity index (χ3v) is 4.18. The van der Waals surface area contributed by atoms with Crippen molar-refractivity contribution < 1.29 is 0 Å². The zero-order chi connectivity index (χ0) is 11.4. The van der Waals surface area contributed by atoms with Gasteiger partial charge in [0, 0.05) is 4.83 Å². The highest BCUT2D eigenvalue weighted by Crippen LogP contribution is 2.20. The lowest BCUT2D eigenvalue weighted by Gasteiger charge is -2.14. The molecular formula is C14H21Br. The van der Waals surface area contributed by atoms with Gasteiger partial charge in [-0.25, -0.2) is 0 Å². The summed E-state index contributed by atoms with van der Waals surface area (Å²) in [5, 5.41) is 0. The van der Waals surface area contributed by atoms with Crippen LogP contribution in [0.2, 0.25) is 0 Å². The van der Waals surface area contributed by atoms with E-state index >= 15 is 0 Å². The first-order chi connectivity index (χ1) is 7.00. The van der Waals surface area contributed by atoms with Crippen LogP contribution in [-0.2, 0) is 6.42 Å². The van der Waals surface area contributed by atoms with E-state index in [1.165, 1.54) is 11.1 Å². The molecule has 1 atom stereocenters. The van der Waals surface area contributed by atoms with Crippen LogP contribution in [0.25, 0.3) is 0 Å². The van der Waals surface area contributed by atoms with Gasteiger partial charge in [0.25, 0.3) is 0 Å². The van der Waals surface area contributed by atoms with Crippen molar-refractivity contribution in [3.05, 3.63) is 35.4 Å². The van der Waals surface area contributed by atoms with Crippen molar-refractivity contribution in [2.24, 2.45) is 5.92 Å². The van der Waals surface area contributed by atoms with Gasteiger partial charge in [-0.15, -0.1) is 0 Å². The molecule has 0 aromatic heterocycles. The molecule has 15 heavy (non-hydrogen) atoms. The second-order valence-electron chi connectivity index (χ2n) is 4.86. The summed E-state index contributed by atoms with van der Waals surface area (Å²) in [5.74, 6) is 1.32. The molecule has 1 unspecified atom stereocenters. The molecular weight excluding hydrogens is 248 g/mol. The summed E-state index contributed by atoms with van der Waals surface area (Å²) in [7, 11) is 0. The average molecular weight is 269 g/mol. The molecule has 0 radical (unpaired) electrons. The molecule has 1 aromatic carbocycles. The number of benzene rings is 1. The number of halogens is 1. The highest BCUT2D eigenvalue weighted by Gasteiger charge is 2.09. The standard InChI is InChI=1S/C14H21Br/c1-10(2)13-7-5-12(6-8-13)9-14(15)11(3)4/h5-8,10-11,14H,9H2,1-4H3. The molecule has 0 saturated heterocycles. The lowest BCUT2D eigenvalue weighted by Crippen LogP contribution is -2.10. The Bertz CT molecular complexity index is 285. The molecule has 0 amide bonds. The molecule has 1 rings (SSSR count). The van der Waals surface area contributed by atoms with Crippen LogP contribution in [0, 0.1) is 5.92 Å². The van der Waals surface area contributed by atoms with Crippen molar-refractivity contribution in [1.29, 1.82) is 0 Å². The predicted octanol–water partition coefficient (Wildman–Crippen LogP) is 4.77. The number of alkyl halides is 1. The summed E-state index contributed by atoms with van der Waals surface area (Å²) in [6.45, 7) is 8.97. The highest BCUT2D eigenvalue weighted by molar-refractivity contribution is 9.09. The molecule has 84 valence electrons. The summed E-state index contributed by atoms with van der Waals surface area (Å²) < 4.78 is 0. The van der Waals surface area contributed by atoms with Crippen LogP contribution < -0.4 is 0 Å². The first-order valence-corrected chi connectivity index (χ1v) is 6.65. The quantitative estimate of drug-likeness (QED) is 0.690. The number of hydrogen-bond acceptors (Lipinski definition) is 0. The molecule has 0 aliphatic carbocycles. The Hall–Kier alpha value is -0.300. The maximum absolute atomic E-state index is 3.73. The van der Waals surface area contributed by atoms with Crippen LogP contribution in [0.1, 0.15) is 44.7 Å². The topological polar surface area (TPSA) is 0 Å². The van der Waals surface area contributed by atoms with E-state index in [0.717, 1.165) is 6.42 Å². The van der Waals surface area contributed by atoms with E-state index in [4.69, 9.17) is 0 Å². The van der Waals surface area contributed by atoms with Crippen LogP contribution in [0.15, 0.2) is 24.3 Å². The zero-order valence-electron chi connectivity index (χ0n) is 10.1. The van der Waals surface area contributed by atoms with Crippen molar-refractivity contribution in [3.8, 4) is 0 Å². The third-order valence-electron chi connectivity index (χ3n) is 2.80. The second kappa shape index (κ2) is 5.69. The summed E-state index contributed by atoms with van der Waals surface area (Å²) in [4.78, 5) is 0.586. The molecule has 0 N–H and O–H groups in total.